The Morgan fingerprint density at radius 3 is 2.38 bits per heavy atom. The molecule has 2 N–H and O–H groups in total. The van der Waals surface area contributed by atoms with Gasteiger partial charge in [0.25, 0.3) is 0 Å². The number of amides is 3. The Morgan fingerprint density at radius 2 is 1.65 bits per heavy atom. The molecule has 3 aromatic carbocycles. The minimum absolute atomic E-state index is 0.0797. The first-order chi connectivity index (χ1) is 25.2. The molecule has 0 radical (unpaired) electrons. The molecule has 3 aliphatic heterocycles. The van der Waals surface area contributed by atoms with E-state index in [2.05, 4.69) is 15.5 Å². The van der Waals surface area contributed by atoms with Gasteiger partial charge in [-0.05, 0) is 61.2 Å². The van der Waals surface area contributed by atoms with Crippen molar-refractivity contribution in [3.05, 3.63) is 113 Å². The summed E-state index contributed by atoms with van der Waals surface area (Å²) in [6.45, 7) is 3.74. The summed E-state index contributed by atoms with van der Waals surface area (Å²) in [7, 11) is 0. The summed E-state index contributed by atoms with van der Waals surface area (Å²) in [4.78, 5) is 46.4. The third kappa shape index (κ3) is 9.40. The molecule has 0 aromatic heterocycles. The predicted molar refractivity (Wildman–Crippen MR) is 192 cm³/mol. The number of likely N-dealkylation sites (tertiary alicyclic amines) is 2. The van der Waals surface area contributed by atoms with Gasteiger partial charge in [0.2, 0.25) is 11.8 Å². The Balaban J connectivity index is 1.21. The first kappa shape index (κ1) is 37.1. The van der Waals surface area contributed by atoms with Gasteiger partial charge < -0.3 is 20.3 Å². The Kier molecular flexibility index (Phi) is 12.3. The van der Waals surface area contributed by atoms with Crippen molar-refractivity contribution in [3.63, 3.8) is 0 Å². The average Bonchev–Trinajstić information content (AvgIpc) is 3.52. The highest BCUT2D eigenvalue weighted by molar-refractivity contribution is 5.83. The SMILES string of the molecule is O=C(CCC(C(=O)NCc1cccc(C(F)(F)F)c1)N1C[C@@H](N2C(=O)OC[C@H]2c2ccccc2)[C@H]1/C=C/c1ccccc1)NCCN1CCCCC1. The second-order valence-electron chi connectivity index (χ2n) is 13.7. The number of hydrogen-bond acceptors (Lipinski definition) is 6. The van der Waals surface area contributed by atoms with E-state index in [1.165, 1.54) is 18.6 Å². The molecule has 6 rings (SSSR count). The molecule has 3 fully saturated rings. The van der Waals surface area contributed by atoms with Crippen molar-refractivity contribution in [2.24, 2.45) is 0 Å². The minimum Gasteiger partial charge on any atom is -0.447 e. The van der Waals surface area contributed by atoms with Crippen molar-refractivity contribution in [2.75, 3.05) is 39.3 Å². The average molecular weight is 718 g/mol. The van der Waals surface area contributed by atoms with Crippen molar-refractivity contribution in [3.8, 4) is 0 Å². The van der Waals surface area contributed by atoms with E-state index in [9.17, 15) is 27.6 Å². The molecule has 1 unspecified atom stereocenters. The highest BCUT2D eigenvalue weighted by Crippen LogP contribution is 2.38. The number of carbonyl (C=O) groups is 3. The van der Waals surface area contributed by atoms with E-state index >= 15 is 0 Å². The Hall–Kier alpha value is -4.68. The van der Waals surface area contributed by atoms with E-state index in [1.807, 2.05) is 77.7 Å². The summed E-state index contributed by atoms with van der Waals surface area (Å²) in [6, 6.07) is 22.4. The maximum Gasteiger partial charge on any atom is 0.416 e. The van der Waals surface area contributed by atoms with Crippen LogP contribution in [0.4, 0.5) is 18.0 Å². The molecule has 4 atom stereocenters. The third-order valence-electron chi connectivity index (χ3n) is 10.2. The van der Waals surface area contributed by atoms with E-state index in [-0.39, 0.29) is 44.0 Å². The van der Waals surface area contributed by atoms with Gasteiger partial charge in [-0.1, -0.05) is 91.4 Å². The van der Waals surface area contributed by atoms with Crippen molar-refractivity contribution in [1.29, 1.82) is 0 Å². The first-order valence-corrected chi connectivity index (χ1v) is 18.1. The molecular formula is C40H46F3N5O4. The topological polar surface area (TPSA) is 94.2 Å². The van der Waals surface area contributed by atoms with Crippen LogP contribution in [0.25, 0.3) is 6.08 Å². The number of alkyl halides is 3. The fourth-order valence-corrected chi connectivity index (χ4v) is 7.36. The molecule has 276 valence electrons. The van der Waals surface area contributed by atoms with Gasteiger partial charge in [-0.15, -0.1) is 0 Å². The zero-order valence-corrected chi connectivity index (χ0v) is 29.1. The summed E-state index contributed by atoms with van der Waals surface area (Å²) in [5.74, 6) is -0.577. The number of halogens is 3. The molecule has 12 heteroatoms. The smallest absolute Gasteiger partial charge is 0.416 e. The van der Waals surface area contributed by atoms with Crippen LogP contribution in [0, 0.1) is 0 Å². The van der Waals surface area contributed by atoms with Crippen LogP contribution in [-0.2, 0) is 27.0 Å². The summed E-state index contributed by atoms with van der Waals surface area (Å²) in [6.07, 6.45) is 2.78. The molecule has 3 aliphatic rings. The van der Waals surface area contributed by atoms with E-state index in [1.54, 1.807) is 4.90 Å². The molecule has 3 amide bonds. The fourth-order valence-electron chi connectivity index (χ4n) is 7.36. The second kappa shape index (κ2) is 17.2. The number of hydrogen-bond donors (Lipinski definition) is 2. The van der Waals surface area contributed by atoms with Crippen molar-refractivity contribution >= 4 is 24.0 Å². The summed E-state index contributed by atoms with van der Waals surface area (Å²) in [5.41, 5.74) is 1.40. The molecule has 52 heavy (non-hydrogen) atoms. The molecule has 0 spiro atoms. The van der Waals surface area contributed by atoms with E-state index in [4.69, 9.17) is 4.74 Å². The van der Waals surface area contributed by atoms with Crippen LogP contribution in [0.5, 0.6) is 0 Å². The van der Waals surface area contributed by atoms with Gasteiger partial charge in [-0.2, -0.15) is 13.2 Å². The number of benzene rings is 3. The van der Waals surface area contributed by atoms with E-state index in [0.717, 1.165) is 55.7 Å². The lowest BCUT2D eigenvalue weighted by atomic mass is 9.88. The number of ether oxygens (including phenoxy) is 1. The fraction of sp³-hybridized carbons (Fsp3) is 0.425. The summed E-state index contributed by atoms with van der Waals surface area (Å²) in [5, 5.41) is 5.84. The van der Waals surface area contributed by atoms with Gasteiger partial charge in [0.1, 0.15) is 6.61 Å². The Labute approximate surface area is 302 Å². The third-order valence-corrected chi connectivity index (χ3v) is 10.2. The zero-order valence-electron chi connectivity index (χ0n) is 29.1. The maximum absolute atomic E-state index is 14.0. The second-order valence-corrected chi connectivity index (χ2v) is 13.7. The molecule has 9 nitrogen and oxygen atoms in total. The standard InChI is InChI=1S/C40H46F3N5O4/c41-40(42,43)32-16-10-13-30(25-32)26-45-38(50)34(19-20-37(49)44-21-24-46-22-8-3-9-23-46)47-27-35(33(47)18-17-29-11-4-1-5-12-29)48-36(28-52-39(48)51)31-14-6-2-7-15-31/h1-2,4-7,10-18,25,33-36H,3,8-9,19-24,26-28H2,(H,44,49)(H,45,50)/b18-17+/t33-,34?,35-,36+/m1/s1. The molecule has 3 aromatic rings. The van der Waals surface area contributed by atoms with Crippen LogP contribution >= 0.6 is 0 Å². The van der Waals surface area contributed by atoms with Gasteiger partial charge in [0.15, 0.2) is 0 Å². The predicted octanol–water partition coefficient (Wildman–Crippen LogP) is 6.03. The lowest BCUT2D eigenvalue weighted by molar-refractivity contribution is -0.137. The zero-order chi connectivity index (χ0) is 36.5. The van der Waals surface area contributed by atoms with Crippen LogP contribution < -0.4 is 10.6 Å². The van der Waals surface area contributed by atoms with Crippen molar-refractivity contribution in [2.45, 2.75) is 69.0 Å². The number of piperidine rings is 1. The molecule has 0 bridgehead atoms. The minimum atomic E-state index is -4.51. The van der Waals surface area contributed by atoms with Crippen LogP contribution in [0.3, 0.4) is 0 Å². The molecule has 0 saturated carbocycles. The number of cyclic esters (lactones) is 1. The first-order valence-electron chi connectivity index (χ1n) is 18.1. The molecular weight excluding hydrogens is 671 g/mol. The van der Waals surface area contributed by atoms with Gasteiger partial charge in [0, 0.05) is 32.6 Å². The Morgan fingerprint density at radius 1 is 0.923 bits per heavy atom. The largest absolute Gasteiger partial charge is 0.447 e. The summed E-state index contributed by atoms with van der Waals surface area (Å²) >= 11 is 0. The van der Waals surface area contributed by atoms with Gasteiger partial charge in [-0.3, -0.25) is 19.4 Å². The van der Waals surface area contributed by atoms with Crippen LogP contribution in [0.15, 0.2) is 91.0 Å². The van der Waals surface area contributed by atoms with Crippen LogP contribution in [-0.4, -0.2) is 90.1 Å². The van der Waals surface area contributed by atoms with E-state index in [0.29, 0.717) is 18.7 Å². The normalized spacial score (nSPS) is 21.8. The molecule has 0 aliphatic carbocycles. The van der Waals surface area contributed by atoms with Gasteiger partial charge >= 0.3 is 12.3 Å². The highest BCUT2D eigenvalue weighted by Gasteiger charge is 2.52. The molecule has 3 heterocycles. The number of carbonyl (C=O) groups excluding carboxylic acids is 3. The quantitative estimate of drug-likeness (QED) is 0.212. The molecule has 3 saturated heterocycles. The number of nitrogens with one attached hydrogen (secondary N) is 2. The summed E-state index contributed by atoms with van der Waals surface area (Å²) < 4.78 is 45.8. The highest BCUT2D eigenvalue weighted by atomic mass is 19.4. The van der Waals surface area contributed by atoms with E-state index < -0.39 is 35.8 Å². The van der Waals surface area contributed by atoms with Gasteiger partial charge in [0.05, 0.1) is 29.7 Å². The Bertz CT molecular complexity index is 1680. The van der Waals surface area contributed by atoms with Crippen molar-refractivity contribution in [1.82, 2.24) is 25.3 Å². The lowest BCUT2D eigenvalue weighted by Crippen LogP contribution is -2.70. The van der Waals surface area contributed by atoms with Gasteiger partial charge in [-0.25, -0.2) is 4.79 Å². The van der Waals surface area contributed by atoms with Crippen molar-refractivity contribution < 1.29 is 32.3 Å². The van der Waals surface area contributed by atoms with Crippen LogP contribution in [0.2, 0.25) is 0 Å². The number of rotatable bonds is 14. The van der Waals surface area contributed by atoms with Crippen LogP contribution in [0.1, 0.15) is 60.4 Å². The lowest BCUT2D eigenvalue weighted by Gasteiger charge is -2.53. The monoisotopic (exact) mass is 717 g/mol. The maximum atomic E-state index is 14.0. The number of nitrogens with zero attached hydrogens (tertiary/aromatic N) is 3.